The molecule has 6 nitrogen and oxygen atoms in total. The lowest BCUT2D eigenvalue weighted by Gasteiger charge is -2.23. The van der Waals surface area contributed by atoms with Crippen LogP contribution >= 0.6 is 0 Å². The molecule has 1 fully saturated rings. The Morgan fingerprint density at radius 3 is 2.75 bits per heavy atom. The van der Waals surface area contributed by atoms with Gasteiger partial charge in [0.1, 0.15) is 5.82 Å². The van der Waals surface area contributed by atoms with Crippen LogP contribution in [0.25, 0.3) is 0 Å². The molecule has 0 spiro atoms. The van der Waals surface area contributed by atoms with Gasteiger partial charge in [-0.25, -0.2) is 4.39 Å². The normalized spacial score (nSPS) is 18.4. The first kappa shape index (κ1) is 14.3. The first-order chi connectivity index (χ1) is 9.45. The summed E-state index contributed by atoms with van der Waals surface area (Å²) in [4.78, 5) is 22.8. The molecule has 1 heterocycles. The summed E-state index contributed by atoms with van der Waals surface area (Å²) in [6, 6.07) is 0.495. The molecule has 108 valence electrons. The van der Waals surface area contributed by atoms with E-state index in [1.54, 1.807) is 0 Å². The van der Waals surface area contributed by atoms with Crippen molar-refractivity contribution in [2.75, 3.05) is 13.2 Å². The van der Waals surface area contributed by atoms with E-state index in [4.69, 9.17) is 5.11 Å². The van der Waals surface area contributed by atoms with Gasteiger partial charge in [-0.05, 0) is 18.9 Å². The zero-order valence-corrected chi connectivity index (χ0v) is 10.4. The van der Waals surface area contributed by atoms with Gasteiger partial charge in [0.05, 0.1) is 29.2 Å². The summed E-state index contributed by atoms with van der Waals surface area (Å²) in [6.07, 6.45) is 1.24. The highest BCUT2D eigenvalue weighted by molar-refractivity contribution is 5.95. The van der Waals surface area contributed by atoms with E-state index >= 15 is 0 Å². The summed E-state index contributed by atoms with van der Waals surface area (Å²) < 4.78 is 27.2. The number of benzene rings is 1. The number of carbonyl (C=O) groups excluding carboxylic acids is 1. The Balaban J connectivity index is 2.35. The van der Waals surface area contributed by atoms with Gasteiger partial charge in [-0.3, -0.25) is 14.9 Å². The molecule has 0 bridgehead atoms. The quantitative estimate of drug-likeness (QED) is 0.673. The average molecular weight is 286 g/mol. The Hall–Kier alpha value is -2.09. The standard InChI is InChI=1S/C12H12F2N2O4/c13-9-5-11(16(19)20)10(14)4-8(9)12(18)15-3-1-2-7(15)6-17/h4-5,7,17H,1-3,6H2/t7-/m0/s1. The van der Waals surface area contributed by atoms with Gasteiger partial charge in [0.25, 0.3) is 5.91 Å². The largest absolute Gasteiger partial charge is 0.394 e. The van der Waals surface area contributed by atoms with E-state index in [2.05, 4.69) is 0 Å². The van der Waals surface area contributed by atoms with Crippen molar-refractivity contribution in [3.63, 3.8) is 0 Å². The maximum atomic E-state index is 13.7. The highest BCUT2D eigenvalue weighted by atomic mass is 19.1. The van der Waals surface area contributed by atoms with E-state index in [0.717, 1.165) is 0 Å². The van der Waals surface area contributed by atoms with E-state index in [1.165, 1.54) is 4.90 Å². The van der Waals surface area contributed by atoms with Gasteiger partial charge in [0, 0.05) is 6.54 Å². The molecule has 2 rings (SSSR count). The third-order valence-electron chi connectivity index (χ3n) is 3.31. The topological polar surface area (TPSA) is 83.7 Å². The molecule has 1 saturated heterocycles. The molecule has 0 radical (unpaired) electrons. The summed E-state index contributed by atoms with van der Waals surface area (Å²) in [7, 11) is 0. The van der Waals surface area contributed by atoms with Crippen LogP contribution in [0.2, 0.25) is 0 Å². The zero-order chi connectivity index (χ0) is 14.9. The number of halogens is 2. The zero-order valence-electron chi connectivity index (χ0n) is 10.4. The molecule has 1 aromatic rings. The van der Waals surface area contributed by atoms with Crippen LogP contribution in [0.15, 0.2) is 12.1 Å². The predicted molar refractivity (Wildman–Crippen MR) is 64.2 cm³/mol. The number of rotatable bonds is 3. The van der Waals surface area contributed by atoms with Crippen molar-refractivity contribution < 1.29 is 23.6 Å². The van der Waals surface area contributed by atoms with Crippen molar-refractivity contribution in [3.8, 4) is 0 Å². The van der Waals surface area contributed by atoms with Gasteiger partial charge >= 0.3 is 5.69 Å². The van der Waals surface area contributed by atoms with Gasteiger partial charge < -0.3 is 10.0 Å². The lowest BCUT2D eigenvalue weighted by Crippen LogP contribution is -2.38. The Kier molecular flexibility index (Phi) is 3.93. The van der Waals surface area contributed by atoms with Crippen LogP contribution in [0, 0.1) is 21.7 Å². The van der Waals surface area contributed by atoms with E-state index < -0.39 is 39.8 Å². The Morgan fingerprint density at radius 2 is 2.15 bits per heavy atom. The van der Waals surface area contributed by atoms with Crippen LogP contribution in [0.5, 0.6) is 0 Å². The average Bonchev–Trinajstić information content (AvgIpc) is 2.88. The fourth-order valence-electron chi connectivity index (χ4n) is 2.29. The number of hydrogen-bond donors (Lipinski definition) is 1. The third-order valence-corrected chi connectivity index (χ3v) is 3.31. The number of nitro groups is 1. The maximum Gasteiger partial charge on any atom is 0.307 e. The van der Waals surface area contributed by atoms with Crippen LogP contribution in [-0.4, -0.2) is 40.0 Å². The molecule has 0 aromatic heterocycles. The molecule has 20 heavy (non-hydrogen) atoms. The smallest absolute Gasteiger partial charge is 0.307 e. The molecular formula is C12H12F2N2O4. The fourth-order valence-corrected chi connectivity index (χ4v) is 2.29. The predicted octanol–water partition coefficient (Wildman–Crippen LogP) is 1.47. The SMILES string of the molecule is O=C(c1cc(F)c([N+](=O)[O-])cc1F)N1CCC[C@H]1CO. The lowest BCUT2D eigenvalue weighted by molar-refractivity contribution is -0.387. The van der Waals surface area contributed by atoms with Gasteiger partial charge in [0.15, 0.2) is 0 Å². The van der Waals surface area contributed by atoms with E-state index in [-0.39, 0.29) is 6.61 Å². The minimum Gasteiger partial charge on any atom is -0.394 e. The maximum absolute atomic E-state index is 13.7. The van der Waals surface area contributed by atoms with Crippen LogP contribution in [-0.2, 0) is 0 Å². The molecule has 1 aliphatic rings. The Morgan fingerprint density at radius 1 is 1.45 bits per heavy atom. The summed E-state index contributed by atoms with van der Waals surface area (Å²) >= 11 is 0. The number of amides is 1. The first-order valence-corrected chi connectivity index (χ1v) is 6.01. The summed E-state index contributed by atoms with van der Waals surface area (Å²) in [5, 5.41) is 19.6. The highest BCUT2D eigenvalue weighted by Crippen LogP contribution is 2.25. The highest BCUT2D eigenvalue weighted by Gasteiger charge is 2.31. The first-order valence-electron chi connectivity index (χ1n) is 6.01. The summed E-state index contributed by atoms with van der Waals surface area (Å²) in [5.41, 5.74) is -1.58. The number of aliphatic hydroxyl groups is 1. The summed E-state index contributed by atoms with van der Waals surface area (Å²) in [5.74, 6) is -3.18. The second-order valence-corrected chi connectivity index (χ2v) is 4.52. The molecule has 0 aliphatic carbocycles. The van der Waals surface area contributed by atoms with Gasteiger partial charge in [0.2, 0.25) is 5.82 Å². The van der Waals surface area contributed by atoms with Crippen LogP contribution in [0.3, 0.4) is 0 Å². The van der Waals surface area contributed by atoms with Crippen molar-refractivity contribution >= 4 is 11.6 Å². The van der Waals surface area contributed by atoms with Crippen molar-refractivity contribution in [1.82, 2.24) is 4.90 Å². The summed E-state index contributed by atoms with van der Waals surface area (Å²) in [6.45, 7) is 0.0743. The molecule has 1 aromatic carbocycles. The number of nitrogens with zero attached hydrogens (tertiary/aromatic N) is 2. The monoisotopic (exact) mass is 286 g/mol. The van der Waals surface area contributed by atoms with Gasteiger partial charge in [-0.2, -0.15) is 4.39 Å². The van der Waals surface area contributed by atoms with Gasteiger partial charge in [-0.15, -0.1) is 0 Å². The van der Waals surface area contributed by atoms with Crippen LogP contribution in [0.4, 0.5) is 14.5 Å². The van der Waals surface area contributed by atoms with Crippen molar-refractivity contribution in [1.29, 1.82) is 0 Å². The van der Waals surface area contributed by atoms with E-state index in [9.17, 15) is 23.7 Å². The molecule has 0 unspecified atom stereocenters. The number of carbonyl (C=O) groups is 1. The Labute approximate surface area is 112 Å². The van der Waals surface area contributed by atoms with Crippen molar-refractivity contribution in [2.45, 2.75) is 18.9 Å². The number of likely N-dealkylation sites (tertiary alicyclic amines) is 1. The molecule has 0 saturated carbocycles. The molecule has 8 heteroatoms. The van der Waals surface area contributed by atoms with Crippen molar-refractivity contribution in [3.05, 3.63) is 39.4 Å². The Bertz CT molecular complexity index is 565. The van der Waals surface area contributed by atoms with E-state index in [0.29, 0.717) is 31.5 Å². The minimum absolute atomic E-state index is 0.261. The van der Waals surface area contributed by atoms with Crippen LogP contribution in [0.1, 0.15) is 23.2 Å². The third kappa shape index (κ3) is 2.46. The van der Waals surface area contributed by atoms with Crippen LogP contribution < -0.4 is 0 Å². The molecular weight excluding hydrogens is 274 g/mol. The van der Waals surface area contributed by atoms with Gasteiger partial charge in [-0.1, -0.05) is 0 Å². The number of aliphatic hydroxyl groups excluding tert-OH is 1. The van der Waals surface area contributed by atoms with E-state index in [1.807, 2.05) is 0 Å². The number of hydrogen-bond acceptors (Lipinski definition) is 4. The second kappa shape index (κ2) is 5.49. The molecule has 1 amide bonds. The second-order valence-electron chi connectivity index (χ2n) is 4.52. The van der Waals surface area contributed by atoms with Crippen molar-refractivity contribution in [2.24, 2.45) is 0 Å². The minimum atomic E-state index is -1.26. The molecule has 1 aliphatic heterocycles. The molecule has 1 atom stereocenters. The number of nitro benzene ring substituents is 1. The molecule has 1 N–H and O–H groups in total. The lowest BCUT2D eigenvalue weighted by atomic mass is 10.1. The fraction of sp³-hybridized carbons (Fsp3) is 0.417.